The van der Waals surface area contributed by atoms with E-state index in [0.717, 1.165) is 38.1 Å². The molecule has 0 amide bonds. The zero-order valence-corrected chi connectivity index (χ0v) is 30.7. The third-order valence-electron chi connectivity index (χ3n) is 6.31. The molecule has 8 N–H and O–H groups in total. The molecule has 2 aromatic heterocycles. The number of nitrogens with one attached hydrogen (secondary N) is 4. The summed E-state index contributed by atoms with van der Waals surface area (Å²) in [4.78, 5) is 21.4. The maximum absolute atomic E-state index is 12.3. The molecule has 4 rings (SSSR count). The van der Waals surface area contributed by atoms with Crippen LogP contribution in [0.25, 0.3) is 12.2 Å². The standard InChI is InChI=1S/C24H24Cl2N10O12S4.4Na.4H/c1-11(49(37,38)39)27-21-31-19(25)33-23(35-21)29-15-7-5-13(17(9-15)51(43,44)45)3-4-14-6-8-16(10-18(14)52(46,47)48)30-24-34-20(26)32-22(36-24)28-12(2)50(40,41)42;;;;;;;;/h3-12H,1-2H3,(H,37,38,39)(H,40,41,42)(H,43,44,45)(H,46,47,48)(H2,27,29,31,33,35)(H2,28,30,32,34,36);;;;;;;;/b4-3+;;;;;;;;. The first kappa shape index (κ1) is 55.6. The van der Waals surface area contributed by atoms with Crippen LogP contribution in [0.3, 0.4) is 0 Å². The molecule has 32 heteroatoms. The van der Waals surface area contributed by atoms with Gasteiger partial charge < -0.3 is 21.3 Å². The average Bonchev–Trinajstić information content (AvgIpc) is 2.98. The Morgan fingerprint density at radius 1 is 0.536 bits per heavy atom. The Morgan fingerprint density at radius 3 is 1.12 bits per heavy atom. The van der Waals surface area contributed by atoms with Crippen molar-refractivity contribution in [3.05, 3.63) is 58.1 Å². The van der Waals surface area contributed by atoms with Gasteiger partial charge in [0.25, 0.3) is 40.5 Å². The molecule has 2 aromatic carbocycles. The molecule has 0 aliphatic carbocycles. The third-order valence-corrected chi connectivity index (χ3v) is 10.5. The second-order valence-electron chi connectivity index (χ2n) is 10.1. The predicted octanol–water partition coefficient (Wildman–Crippen LogP) is 0.212. The summed E-state index contributed by atoms with van der Waals surface area (Å²) < 4.78 is 133. The van der Waals surface area contributed by atoms with E-state index in [1.165, 1.54) is 24.3 Å². The Morgan fingerprint density at radius 2 is 0.839 bits per heavy atom. The van der Waals surface area contributed by atoms with Crippen LogP contribution in [-0.2, 0) is 40.5 Å². The fraction of sp³-hybridized carbons (Fsp3) is 0.167. The number of rotatable bonds is 14. The summed E-state index contributed by atoms with van der Waals surface area (Å²) in [6, 6.07) is 6.92. The van der Waals surface area contributed by atoms with E-state index in [4.69, 9.17) is 23.2 Å². The van der Waals surface area contributed by atoms with Crippen molar-refractivity contribution in [3.63, 3.8) is 0 Å². The normalized spacial score (nSPS) is 12.8. The van der Waals surface area contributed by atoms with Gasteiger partial charge in [0.1, 0.15) is 9.79 Å². The van der Waals surface area contributed by atoms with Crippen molar-refractivity contribution < 1.29 is 51.9 Å². The van der Waals surface area contributed by atoms with E-state index in [0.29, 0.717) is 0 Å². The molecule has 0 aliphatic heterocycles. The quantitative estimate of drug-likeness (QED) is 0.0476. The summed E-state index contributed by atoms with van der Waals surface area (Å²) >= 11 is 11.7. The van der Waals surface area contributed by atoms with Crippen LogP contribution in [0.5, 0.6) is 0 Å². The van der Waals surface area contributed by atoms with Crippen molar-refractivity contribution in [2.45, 2.75) is 34.4 Å². The minimum absolute atomic E-state index is 0. The van der Waals surface area contributed by atoms with Gasteiger partial charge in [0.2, 0.25) is 34.4 Å². The van der Waals surface area contributed by atoms with Crippen molar-refractivity contribution >= 4 is 229 Å². The van der Waals surface area contributed by atoms with E-state index in [2.05, 4.69) is 51.2 Å². The van der Waals surface area contributed by atoms with Gasteiger partial charge in [0.15, 0.2) is 10.7 Å². The Hall–Kier alpha value is -0.380. The van der Waals surface area contributed by atoms with Crippen molar-refractivity contribution in [1.82, 2.24) is 29.9 Å². The molecule has 0 fully saturated rings. The molecule has 0 spiro atoms. The summed E-state index contributed by atoms with van der Waals surface area (Å²) in [6.45, 7) is 2.19. The number of nitrogens with zero attached hydrogens (tertiary/aromatic N) is 6. The summed E-state index contributed by atoms with van der Waals surface area (Å²) in [5, 5.41) is 5.88. The second-order valence-corrected chi connectivity index (χ2v) is 17.1. The number of anilines is 6. The Kier molecular flexibility index (Phi) is 22.3. The summed E-state index contributed by atoms with van der Waals surface area (Å²) in [5.41, 5.74) is -0.375. The molecule has 2 atom stereocenters. The van der Waals surface area contributed by atoms with Crippen molar-refractivity contribution in [2.24, 2.45) is 0 Å². The summed E-state index contributed by atoms with van der Waals surface area (Å²) in [7, 11) is -19.0. The number of aromatic nitrogens is 6. The van der Waals surface area contributed by atoms with E-state index in [-0.39, 0.29) is 165 Å². The number of hydrogen-bond donors (Lipinski definition) is 8. The molecule has 2 heterocycles. The molecule has 0 saturated carbocycles. The van der Waals surface area contributed by atoms with Gasteiger partial charge in [-0.15, -0.1) is 0 Å². The molecular formula is C24H28Cl2N10Na4O12S4. The maximum atomic E-state index is 12.3. The van der Waals surface area contributed by atoms with Gasteiger partial charge in [0.05, 0.1) is 0 Å². The van der Waals surface area contributed by atoms with Crippen LogP contribution in [0, 0.1) is 0 Å². The molecule has 0 bridgehead atoms. The number of hydrogen-bond acceptors (Lipinski definition) is 18. The SMILES string of the molecule is CC(Nc1nc(Cl)nc(Nc2ccc(/C=C/c3ccc(Nc4nc(Cl)nc(NC(C)S(=O)(=O)O)n4)cc3S(=O)(=O)O)c(S(=O)(=O)O)c2)n1)S(=O)(=O)O.[NaH].[NaH].[NaH].[NaH]. The molecular weight excluding hydrogens is 911 g/mol. The first-order valence-corrected chi connectivity index (χ1v) is 20.3. The molecule has 0 saturated heterocycles. The Balaban J connectivity index is 0.00000756. The van der Waals surface area contributed by atoms with Gasteiger partial charge >= 0.3 is 118 Å². The first-order valence-electron chi connectivity index (χ1n) is 13.6. The van der Waals surface area contributed by atoms with Gasteiger partial charge in [-0.05, 0) is 72.4 Å². The second kappa shape index (κ2) is 22.5. The van der Waals surface area contributed by atoms with Gasteiger partial charge in [-0.3, -0.25) is 18.2 Å². The molecule has 0 aliphatic rings. The van der Waals surface area contributed by atoms with Gasteiger partial charge in [0, 0.05) is 11.4 Å². The Labute approximate surface area is 418 Å². The topological polar surface area (TPSA) is 343 Å². The molecule has 288 valence electrons. The van der Waals surface area contributed by atoms with Gasteiger partial charge in [-0.25, -0.2) is 0 Å². The van der Waals surface area contributed by atoms with E-state index < -0.39 is 71.6 Å². The first-order chi connectivity index (χ1) is 23.9. The van der Waals surface area contributed by atoms with Crippen LogP contribution >= 0.6 is 23.2 Å². The van der Waals surface area contributed by atoms with E-state index >= 15 is 0 Å². The van der Waals surface area contributed by atoms with E-state index in [9.17, 15) is 51.9 Å². The predicted molar refractivity (Wildman–Crippen MR) is 216 cm³/mol. The number of halogens is 2. The molecule has 56 heavy (non-hydrogen) atoms. The van der Waals surface area contributed by atoms with Crippen LogP contribution in [0.1, 0.15) is 25.0 Å². The zero-order chi connectivity index (χ0) is 38.8. The van der Waals surface area contributed by atoms with Crippen molar-refractivity contribution in [3.8, 4) is 0 Å². The van der Waals surface area contributed by atoms with Crippen LogP contribution in [-0.4, -0.2) is 211 Å². The van der Waals surface area contributed by atoms with Crippen LogP contribution < -0.4 is 21.3 Å². The summed E-state index contributed by atoms with van der Waals surface area (Å²) in [6.07, 6.45) is 2.23. The molecule has 4 aromatic rings. The Bertz CT molecular complexity index is 2360. The van der Waals surface area contributed by atoms with Gasteiger partial charge in [-0.2, -0.15) is 63.6 Å². The number of benzene rings is 2. The van der Waals surface area contributed by atoms with E-state index in [1.807, 2.05) is 0 Å². The monoisotopic (exact) mass is 938 g/mol. The van der Waals surface area contributed by atoms with Crippen molar-refractivity contribution in [1.29, 1.82) is 0 Å². The van der Waals surface area contributed by atoms with Gasteiger partial charge in [-0.1, -0.05) is 24.3 Å². The van der Waals surface area contributed by atoms with Crippen molar-refractivity contribution in [2.75, 3.05) is 21.3 Å². The van der Waals surface area contributed by atoms with E-state index in [1.54, 1.807) is 0 Å². The third kappa shape index (κ3) is 16.6. The zero-order valence-electron chi connectivity index (χ0n) is 25.9. The molecule has 2 unspecified atom stereocenters. The molecule has 0 radical (unpaired) electrons. The summed E-state index contributed by atoms with van der Waals surface area (Å²) in [5.74, 6) is -1.36. The fourth-order valence-electron chi connectivity index (χ4n) is 3.84. The fourth-order valence-corrected chi connectivity index (χ4v) is 6.09. The van der Waals surface area contributed by atoms with Crippen LogP contribution in [0.4, 0.5) is 35.2 Å². The van der Waals surface area contributed by atoms with Crippen LogP contribution in [0.2, 0.25) is 10.6 Å². The van der Waals surface area contributed by atoms with Crippen LogP contribution in [0.15, 0.2) is 46.2 Å². The average molecular weight is 940 g/mol. The minimum atomic E-state index is -4.94. The molecule has 22 nitrogen and oxygen atoms in total.